The number of amidine groups is 1. The van der Waals surface area contributed by atoms with Crippen molar-refractivity contribution in [2.45, 2.75) is 24.5 Å². The molecule has 29 heavy (non-hydrogen) atoms. The highest BCUT2D eigenvalue weighted by atomic mass is 32.2. The molecule has 0 saturated carbocycles. The largest absolute Gasteiger partial charge is 0.341 e. The van der Waals surface area contributed by atoms with Gasteiger partial charge in [-0.05, 0) is 42.3 Å². The number of amides is 1. The van der Waals surface area contributed by atoms with E-state index in [2.05, 4.69) is 29.6 Å². The van der Waals surface area contributed by atoms with E-state index in [9.17, 15) is 4.79 Å². The van der Waals surface area contributed by atoms with Crippen LogP contribution < -0.4 is 5.32 Å². The van der Waals surface area contributed by atoms with Gasteiger partial charge in [0, 0.05) is 18.5 Å². The molecule has 2 aliphatic rings. The molecule has 2 heterocycles. The average Bonchev–Trinajstić information content (AvgIpc) is 2.78. The Morgan fingerprint density at radius 1 is 0.931 bits per heavy atom. The molecule has 1 N–H and O–H groups in total. The monoisotopic (exact) mass is 401 g/mol. The number of piperidine rings is 1. The van der Waals surface area contributed by atoms with Gasteiger partial charge in [0.15, 0.2) is 5.17 Å². The number of rotatable bonds is 3. The number of nitrogens with one attached hydrogen (secondary N) is 1. The number of anilines is 1. The minimum absolute atomic E-state index is 0.183. The predicted octanol–water partition coefficient (Wildman–Crippen LogP) is 5.74. The molecule has 2 aliphatic heterocycles. The van der Waals surface area contributed by atoms with Crippen LogP contribution in [0.2, 0.25) is 0 Å². The van der Waals surface area contributed by atoms with Gasteiger partial charge in [0.1, 0.15) is 5.25 Å². The molecule has 5 rings (SSSR count). The molecule has 1 fully saturated rings. The summed E-state index contributed by atoms with van der Waals surface area (Å²) in [5, 5.41) is 6.24. The van der Waals surface area contributed by atoms with E-state index in [1.807, 2.05) is 47.4 Å². The summed E-state index contributed by atoms with van der Waals surface area (Å²) in [6, 6.07) is 22.5. The molecule has 0 radical (unpaired) electrons. The zero-order valence-corrected chi connectivity index (χ0v) is 17.0. The van der Waals surface area contributed by atoms with Crippen LogP contribution in [-0.2, 0) is 4.79 Å². The highest BCUT2D eigenvalue weighted by molar-refractivity contribution is 8.14. The predicted molar refractivity (Wildman–Crippen MR) is 122 cm³/mol. The fourth-order valence-corrected chi connectivity index (χ4v) is 5.19. The topological polar surface area (TPSA) is 44.7 Å². The summed E-state index contributed by atoms with van der Waals surface area (Å²) < 4.78 is 0. The van der Waals surface area contributed by atoms with Crippen molar-refractivity contribution in [1.29, 1.82) is 0 Å². The van der Waals surface area contributed by atoms with Crippen molar-refractivity contribution < 1.29 is 4.79 Å². The molecule has 146 valence electrons. The van der Waals surface area contributed by atoms with Gasteiger partial charge < -0.3 is 10.2 Å². The highest BCUT2D eigenvalue weighted by Crippen LogP contribution is 2.40. The van der Waals surface area contributed by atoms with Crippen LogP contribution in [0.15, 0.2) is 71.7 Å². The zero-order chi connectivity index (χ0) is 19.6. The van der Waals surface area contributed by atoms with Gasteiger partial charge in [0.05, 0.1) is 11.4 Å². The van der Waals surface area contributed by atoms with Gasteiger partial charge >= 0.3 is 0 Å². The molecule has 1 atom stereocenters. The van der Waals surface area contributed by atoms with Crippen molar-refractivity contribution >= 4 is 45.0 Å². The minimum Gasteiger partial charge on any atom is -0.341 e. The maximum Gasteiger partial charge on any atom is 0.240 e. The summed E-state index contributed by atoms with van der Waals surface area (Å²) in [6.45, 7) is 1.70. The number of benzene rings is 3. The molecule has 0 aliphatic carbocycles. The van der Waals surface area contributed by atoms with Crippen LogP contribution >= 0.6 is 11.8 Å². The van der Waals surface area contributed by atoms with Crippen molar-refractivity contribution in [1.82, 2.24) is 4.90 Å². The molecule has 0 aromatic heterocycles. The van der Waals surface area contributed by atoms with Gasteiger partial charge in [-0.15, -0.1) is 0 Å². The van der Waals surface area contributed by atoms with Crippen molar-refractivity contribution in [2.24, 2.45) is 4.99 Å². The van der Waals surface area contributed by atoms with Gasteiger partial charge in [0.25, 0.3) is 0 Å². The van der Waals surface area contributed by atoms with Crippen LogP contribution in [0.1, 0.15) is 30.1 Å². The summed E-state index contributed by atoms with van der Waals surface area (Å²) in [5.74, 6) is 0.183. The van der Waals surface area contributed by atoms with Crippen molar-refractivity contribution in [3.63, 3.8) is 0 Å². The first kappa shape index (κ1) is 18.3. The smallest absolute Gasteiger partial charge is 0.240 e. The van der Waals surface area contributed by atoms with E-state index >= 15 is 0 Å². The Labute approximate surface area is 175 Å². The number of carbonyl (C=O) groups excluding carboxylic acids is 1. The number of thioether (sulfide) groups is 1. The molecular formula is C24H23N3OS. The van der Waals surface area contributed by atoms with E-state index in [0.29, 0.717) is 0 Å². The first-order valence-corrected chi connectivity index (χ1v) is 11.1. The van der Waals surface area contributed by atoms with Crippen LogP contribution in [0.25, 0.3) is 10.8 Å². The Bertz CT molecular complexity index is 1070. The Balaban J connectivity index is 1.48. The molecule has 0 spiro atoms. The number of hydrogen-bond donors (Lipinski definition) is 1. The molecule has 1 amide bonds. The summed E-state index contributed by atoms with van der Waals surface area (Å²) >= 11 is 1.52. The van der Waals surface area contributed by atoms with E-state index in [1.54, 1.807) is 0 Å². The van der Waals surface area contributed by atoms with Gasteiger partial charge in [-0.3, -0.25) is 4.79 Å². The third-order valence-corrected chi connectivity index (χ3v) is 6.70. The van der Waals surface area contributed by atoms with Crippen molar-refractivity contribution in [3.8, 4) is 0 Å². The minimum atomic E-state index is -0.301. The summed E-state index contributed by atoms with van der Waals surface area (Å²) in [4.78, 5) is 20.3. The van der Waals surface area contributed by atoms with E-state index in [1.165, 1.54) is 23.6 Å². The Kier molecular flexibility index (Phi) is 4.98. The van der Waals surface area contributed by atoms with Gasteiger partial charge in [-0.2, -0.15) is 0 Å². The van der Waals surface area contributed by atoms with Gasteiger partial charge in [-0.1, -0.05) is 66.4 Å². The third kappa shape index (κ3) is 3.62. The third-order valence-electron chi connectivity index (χ3n) is 5.57. The van der Waals surface area contributed by atoms with E-state index in [0.717, 1.165) is 53.4 Å². The second kappa shape index (κ2) is 7.91. The molecule has 0 bridgehead atoms. The molecule has 1 saturated heterocycles. The lowest BCUT2D eigenvalue weighted by atomic mass is 10.1. The van der Waals surface area contributed by atoms with Crippen LogP contribution in [0.3, 0.4) is 0 Å². The first-order valence-electron chi connectivity index (χ1n) is 10.2. The van der Waals surface area contributed by atoms with Gasteiger partial charge in [-0.25, -0.2) is 4.99 Å². The normalized spacial score (nSPS) is 16.8. The van der Waals surface area contributed by atoms with E-state index in [4.69, 9.17) is 4.99 Å². The standard InChI is InChI=1S/C24H23N3OS/c28-23(27-15-5-2-6-16-27)22(18-9-3-1-4-10-18)29-24-25-19-13-7-11-17-12-8-14-20(26-24)21(17)19/h1,3-4,7-14,22H,2,5-6,15-16H2,(H,25,26)/t22-/m1/s1. The molecule has 3 aromatic rings. The van der Waals surface area contributed by atoms with Crippen LogP contribution in [0.4, 0.5) is 11.4 Å². The number of likely N-dealkylation sites (tertiary alicyclic amines) is 1. The SMILES string of the molecule is O=C([C@H](SC1=Nc2cccc3cccc(c23)N1)c1ccccc1)N1CCCCC1. The quantitative estimate of drug-likeness (QED) is 0.609. The Morgan fingerprint density at radius 3 is 2.48 bits per heavy atom. The summed E-state index contributed by atoms with van der Waals surface area (Å²) in [7, 11) is 0. The maximum atomic E-state index is 13.4. The lowest BCUT2D eigenvalue weighted by Crippen LogP contribution is -2.38. The fourth-order valence-electron chi connectivity index (χ4n) is 4.11. The number of hydrogen-bond acceptors (Lipinski definition) is 4. The van der Waals surface area contributed by atoms with E-state index < -0.39 is 0 Å². The van der Waals surface area contributed by atoms with Crippen molar-refractivity contribution in [2.75, 3.05) is 18.4 Å². The first-order chi connectivity index (χ1) is 14.3. The Hall–Kier alpha value is -2.79. The number of aliphatic imine (C=N–C) groups is 1. The second-order valence-corrected chi connectivity index (χ2v) is 8.61. The lowest BCUT2D eigenvalue weighted by molar-refractivity contribution is -0.131. The maximum absolute atomic E-state index is 13.4. The summed E-state index contributed by atoms with van der Waals surface area (Å²) in [6.07, 6.45) is 3.39. The fraction of sp³-hybridized carbons (Fsp3) is 0.250. The Morgan fingerprint density at radius 2 is 1.69 bits per heavy atom. The molecule has 5 heteroatoms. The van der Waals surface area contributed by atoms with Crippen LogP contribution in [0.5, 0.6) is 0 Å². The molecule has 0 unspecified atom stereocenters. The lowest BCUT2D eigenvalue weighted by Gasteiger charge is -2.31. The molecule has 3 aromatic carbocycles. The summed E-state index contributed by atoms with van der Waals surface area (Å²) in [5.41, 5.74) is 3.03. The molecule has 4 nitrogen and oxygen atoms in total. The molecular weight excluding hydrogens is 378 g/mol. The van der Waals surface area contributed by atoms with E-state index in [-0.39, 0.29) is 11.2 Å². The zero-order valence-electron chi connectivity index (χ0n) is 16.2. The average molecular weight is 402 g/mol. The number of carbonyl (C=O) groups is 1. The van der Waals surface area contributed by atoms with Crippen LogP contribution in [0, 0.1) is 0 Å². The van der Waals surface area contributed by atoms with Crippen LogP contribution in [-0.4, -0.2) is 29.1 Å². The highest BCUT2D eigenvalue weighted by Gasteiger charge is 2.30. The van der Waals surface area contributed by atoms with Crippen molar-refractivity contribution in [3.05, 3.63) is 72.3 Å². The second-order valence-electron chi connectivity index (χ2n) is 7.52. The van der Waals surface area contributed by atoms with Gasteiger partial charge in [0.2, 0.25) is 5.91 Å². The number of nitrogens with zero attached hydrogens (tertiary/aromatic N) is 2.